The number of anilines is 1. The summed E-state index contributed by atoms with van der Waals surface area (Å²) >= 11 is 5.97. The van der Waals surface area contributed by atoms with E-state index in [9.17, 15) is 4.79 Å². The van der Waals surface area contributed by atoms with Crippen LogP contribution in [0.4, 0.5) is 5.69 Å². The van der Waals surface area contributed by atoms with Crippen LogP contribution in [0.1, 0.15) is 17.4 Å². The van der Waals surface area contributed by atoms with Gasteiger partial charge in [0.15, 0.2) is 5.69 Å². The molecule has 0 aliphatic carbocycles. The normalized spacial score (nSPS) is 10.8. The van der Waals surface area contributed by atoms with Gasteiger partial charge in [-0.1, -0.05) is 11.6 Å². The SMILES string of the molecule is CCOC(=O)c1c(N)c2c(Cl)nccc2n1C. The number of hydrogen-bond acceptors (Lipinski definition) is 4. The molecule has 2 N–H and O–H groups in total. The molecule has 0 aromatic carbocycles. The Morgan fingerprint density at radius 2 is 2.35 bits per heavy atom. The summed E-state index contributed by atoms with van der Waals surface area (Å²) in [5.74, 6) is -0.459. The van der Waals surface area contributed by atoms with E-state index in [2.05, 4.69) is 4.98 Å². The van der Waals surface area contributed by atoms with Crippen molar-refractivity contribution in [1.82, 2.24) is 9.55 Å². The van der Waals surface area contributed by atoms with E-state index in [0.717, 1.165) is 5.52 Å². The fourth-order valence-electron chi connectivity index (χ4n) is 1.82. The minimum atomic E-state index is -0.459. The summed E-state index contributed by atoms with van der Waals surface area (Å²) in [5, 5.41) is 0.867. The molecule has 2 aromatic rings. The lowest BCUT2D eigenvalue weighted by molar-refractivity contribution is 0.0517. The topological polar surface area (TPSA) is 70.1 Å². The molecule has 0 radical (unpaired) electrons. The van der Waals surface area contributed by atoms with E-state index in [0.29, 0.717) is 23.4 Å². The van der Waals surface area contributed by atoms with Gasteiger partial charge < -0.3 is 15.0 Å². The van der Waals surface area contributed by atoms with Gasteiger partial charge in [-0.25, -0.2) is 9.78 Å². The first kappa shape index (κ1) is 11.7. The molecule has 2 aromatic heterocycles. The second-order valence-electron chi connectivity index (χ2n) is 3.54. The second-order valence-corrected chi connectivity index (χ2v) is 3.90. The molecule has 0 unspecified atom stereocenters. The molecule has 2 heterocycles. The number of nitrogens with zero attached hydrogens (tertiary/aromatic N) is 2. The molecule has 0 bridgehead atoms. The molecular weight excluding hydrogens is 242 g/mol. The number of carbonyl (C=O) groups excluding carboxylic acids is 1. The van der Waals surface area contributed by atoms with Crippen LogP contribution in [0, 0.1) is 0 Å². The van der Waals surface area contributed by atoms with Crippen molar-refractivity contribution < 1.29 is 9.53 Å². The minimum Gasteiger partial charge on any atom is -0.461 e. The number of pyridine rings is 1. The number of nitrogen functional groups attached to an aromatic ring is 1. The van der Waals surface area contributed by atoms with E-state index in [1.807, 2.05) is 0 Å². The van der Waals surface area contributed by atoms with Crippen LogP contribution in [-0.4, -0.2) is 22.1 Å². The number of esters is 1. The molecule has 0 saturated heterocycles. The molecule has 0 spiro atoms. The first-order chi connectivity index (χ1) is 8.07. The summed E-state index contributed by atoms with van der Waals surface area (Å²) in [6.07, 6.45) is 1.57. The van der Waals surface area contributed by atoms with Crippen molar-refractivity contribution in [2.45, 2.75) is 6.92 Å². The minimum absolute atomic E-state index is 0.283. The third kappa shape index (κ3) is 1.72. The number of aryl methyl sites for hydroxylation is 1. The van der Waals surface area contributed by atoms with Crippen LogP contribution in [0.2, 0.25) is 5.15 Å². The summed E-state index contributed by atoms with van der Waals surface area (Å²) in [5.41, 5.74) is 7.29. The summed E-state index contributed by atoms with van der Waals surface area (Å²) in [6.45, 7) is 2.04. The highest BCUT2D eigenvalue weighted by atomic mass is 35.5. The van der Waals surface area contributed by atoms with Crippen molar-refractivity contribution in [3.05, 3.63) is 23.1 Å². The van der Waals surface area contributed by atoms with Crippen molar-refractivity contribution >= 4 is 34.2 Å². The number of fused-ring (bicyclic) bond motifs is 1. The Balaban J connectivity index is 2.73. The van der Waals surface area contributed by atoms with Gasteiger partial charge in [0.25, 0.3) is 0 Å². The largest absolute Gasteiger partial charge is 0.461 e. The second kappa shape index (κ2) is 4.25. The van der Waals surface area contributed by atoms with E-state index in [1.165, 1.54) is 0 Å². The van der Waals surface area contributed by atoms with Gasteiger partial charge in [0, 0.05) is 13.2 Å². The zero-order chi connectivity index (χ0) is 12.6. The maximum absolute atomic E-state index is 11.8. The molecule has 0 aliphatic rings. The smallest absolute Gasteiger partial charge is 0.357 e. The average Bonchev–Trinajstić information content (AvgIpc) is 2.53. The molecule has 90 valence electrons. The molecule has 5 nitrogen and oxygen atoms in total. The highest BCUT2D eigenvalue weighted by molar-refractivity contribution is 6.35. The van der Waals surface area contributed by atoms with Gasteiger partial charge >= 0.3 is 5.97 Å². The Bertz CT molecular complexity index is 592. The van der Waals surface area contributed by atoms with Crippen molar-refractivity contribution in [2.24, 2.45) is 7.05 Å². The lowest BCUT2D eigenvalue weighted by atomic mass is 10.2. The molecule has 0 aliphatic heterocycles. The zero-order valence-electron chi connectivity index (χ0n) is 9.53. The van der Waals surface area contributed by atoms with Gasteiger partial charge in [-0.05, 0) is 13.0 Å². The number of ether oxygens (including phenoxy) is 1. The zero-order valence-corrected chi connectivity index (χ0v) is 10.3. The third-order valence-electron chi connectivity index (χ3n) is 2.57. The highest BCUT2D eigenvalue weighted by Gasteiger charge is 2.21. The number of nitrogens with two attached hydrogens (primary N) is 1. The number of halogens is 1. The Morgan fingerprint density at radius 3 is 2.94 bits per heavy atom. The molecular formula is C11H12ClN3O2. The first-order valence-electron chi connectivity index (χ1n) is 5.13. The number of aromatic nitrogens is 2. The molecule has 6 heteroatoms. The fourth-order valence-corrected chi connectivity index (χ4v) is 2.08. The molecule has 0 fully saturated rings. The molecule has 0 saturated carbocycles. The molecule has 0 amide bonds. The van der Waals surface area contributed by atoms with Crippen LogP contribution in [-0.2, 0) is 11.8 Å². The number of hydrogen-bond donors (Lipinski definition) is 1. The molecule has 17 heavy (non-hydrogen) atoms. The fraction of sp³-hybridized carbons (Fsp3) is 0.273. The van der Waals surface area contributed by atoms with Crippen LogP contribution in [0.15, 0.2) is 12.3 Å². The van der Waals surface area contributed by atoms with E-state index in [1.54, 1.807) is 30.8 Å². The summed E-state index contributed by atoms with van der Waals surface area (Å²) in [6, 6.07) is 1.75. The van der Waals surface area contributed by atoms with E-state index >= 15 is 0 Å². The lowest BCUT2D eigenvalue weighted by Crippen LogP contribution is -2.11. The predicted molar refractivity (Wildman–Crippen MR) is 66.1 cm³/mol. The summed E-state index contributed by atoms with van der Waals surface area (Å²) in [4.78, 5) is 15.7. The van der Waals surface area contributed by atoms with Gasteiger partial charge in [-0.3, -0.25) is 0 Å². The Kier molecular flexibility index (Phi) is 2.93. The van der Waals surface area contributed by atoms with Crippen LogP contribution >= 0.6 is 11.6 Å². The van der Waals surface area contributed by atoms with E-state index in [4.69, 9.17) is 22.1 Å². The van der Waals surface area contributed by atoms with Gasteiger partial charge in [0.05, 0.1) is 23.2 Å². The maximum Gasteiger partial charge on any atom is 0.357 e. The molecule has 2 rings (SSSR count). The Hall–Kier alpha value is -1.75. The van der Waals surface area contributed by atoms with Crippen molar-refractivity contribution in [3.8, 4) is 0 Å². The Morgan fingerprint density at radius 1 is 1.65 bits per heavy atom. The average molecular weight is 254 g/mol. The van der Waals surface area contributed by atoms with Crippen molar-refractivity contribution in [2.75, 3.05) is 12.3 Å². The maximum atomic E-state index is 11.8. The summed E-state index contributed by atoms with van der Waals surface area (Å²) in [7, 11) is 1.74. The van der Waals surface area contributed by atoms with E-state index in [-0.39, 0.29) is 5.15 Å². The van der Waals surface area contributed by atoms with Crippen molar-refractivity contribution in [1.29, 1.82) is 0 Å². The number of rotatable bonds is 2. The Labute approximate surface area is 103 Å². The van der Waals surface area contributed by atoms with Crippen LogP contribution in [0.5, 0.6) is 0 Å². The monoisotopic (exact) mass is 253 g/mol. The highest BCUT2D eigenvalue weighted by Crippen LogP contribution is 2.32. The van der Waals surface area contributed by atoms with Crippen LogP contribution in [0.25, 0.3) is 10.9 Å². The molecule has 0 atom stereocenters. The summed E-state index contributed by atoms with van der Waals surface area (Å²) < 4.78 is 6.62. The van der Waals surface area contributed by atoms with Crippen LogP contribution < -0.4 is 5.73 Å². The predicted octanol–water partition coefficient (Wildman–Crippen LogP) is 1.99. The van der Waals surface area contributed by atoms with Gasteiger partial charge in [-0.2, -0.15) is 0 Å². The van der Waals surface area contributed by atoms with Gasteiger partial charge in [0.1, 0.15) is 5.15 Å². The standard InChI is InChI=1S/C11H12ClN3O2/c1-3-17-11(16)9-8(13)7-6(15(9)2)4-5-14-10(7)12/h4-5H,3,13H2,1-2H3. The van der Waals surface area contributed by atoms with Crippen LogP contribution in [0.3, 0.4) is 0 Å². The van der Waals surface area contributed by atoms with Gasteiger partial charge in [0.2, 0.25) is 0 Å². The third-order valence-corrected chi connectivity index (χ3v) is 2.86. The first-order valence-corrected chi connectivity index (χ1v) is 5.51. The van der Waals surface area contributed by atoms with Gasteiger partial charge in [-0.15, -0.1) is 0 Å². The quantitative estimate of drug-likeness (QED) is 0.656. The number of carbonyl (C=O) groups is 1. The lowest BCUT2D eigenvalue weighted by Gasteiger charge is -2.04. The van der Waals surface area contributed by atoms with Crippen molar-refractivity contribution in [3.63, 3.8) is 0 Å². The van der Waals surface area contributed by atoms with E-state index < -0.39 is 5.97 Å².